The maximum atomic E-state index is 9.94. The van der Waals surface area contributed by atoms with Gasteiger partial charge in [-0.05, 0) is 18.8 Å². The quantitative estimate of drug-likeness (QED) is 0.534. The van der Waals surface area contributed by atoms with Gasteiger partial charge < -0.3 is 14.9 Å². The molecule has 3 nitrogen and oxygen atoms in total. The van der Waals surface area contributed by atoms with Crippen molar-refractivity contribution in [3.63, 3.8) is 0 Å². The lowest BCUT2D eigenvalue weighted by molar-refractivity contribution is -0.0408. The molecule has 0 bridgehead atoms. The van der Waals surface area contributed by atoms with Crippen LogP contribution in [0.1, 0.15) is 84.5 Å². The zero-order valence-electron chi connectivity index (χ0n) is 14.1. The van der Waals surface area contributed by atoms with Crippen LogP contribution in [0.25, 0.3) is 0 Å². The first-order valence-electron chi connectivity index (χ1n) is 9.17. The summed E-state index contributed by atoms with van der Waals surface area (Å²) in [7, 11) is 0. The molecule has 0 spiro atoms. The normalized spacial score (nSPS) is 25.9. The first kappa shape index (κ1) is 18.9. The molecule has 21 heavy (non-hydrogen) atoms. The number of hydrogen-bond donors (Lipinski definition) is 2. The molecule has 126 valence electrons. The lowest BCUT2D eigenvalue weighted by Gasteiger charge is -2.23. The molecule has 1 aliphatic rings. The molecule has 1 fully saturated rings. The van der Waals surface area contributed by atoms with Crippen molar-refractivity contribution in [2.75, 3.05) is 6.61 Å². The fourth-order valence-electron chi connectivity index (χ4n) is 3.41. The topological polar surface area (TPSA) is 49.7 Å². The van der Waals surface area contributed by atoms with Crippen molar-refractivity contribution in [3.05, 3.63) is 0 Å². The molecule has 0 aliphatic carbocycles. The Morgan fingerprint density at radius 2 is 1.52 bits per heavy atom. The molecule has 1 heterocycles. The van der Waals surface area contributed by atoms with Gasteiger partial charge >= 0.3 is 0 Å². The van der Waals surface area contributed by atoms with Crippen LogP contribution in [0, 0.1) is 5.92 Å². The highest BCUT2D eigenvalue weighted by Gasteiger charge is 2.37. The third kappa shape index (κ3) is 7.12. The molecule has 0 saturated carbocycles. The van der Waals surface area contributed by atoms with Crippen LogP contribution in [0.2, 0.25) is 0 Å². The predicted octanol–water partition coefficient (Wildman–Crippen LogP) is 4.05. The third-order valence-electron chi connectivity index (χ3n) is 4.82. The van der Waals surface area contributed by atoms with Crippen LogP contribution in [0.15, 0.2) is 0 Å². The second-order valence-electron chi connectivity index (χ2n) is 6.66. The van der Waals surface area contributed by atoms with E-state index in [0.717, 1.165) is 0 Å². The molecule has 0 radical (unpaired) electrons. The van der Waals surface area contributed by atoms with Crippen molar-refractivity contribution in [3.8, 4) is 0 Å². The fourth-order valence-corrected chi connectivity index (χ4v) is 3.41. The summed E-state index contributed by atoms with van der Waals surface area (Å²) in [6.45, 7) is 4.42. The molecule has 0 amide bonds. The predicted molar refractivity (Wildman–Crippen MR) is 87.4 cm³/mol. The van der Waals surface area contributed by atoms with Crippen molar-refractivity contribution in [2.24, 2.45) is 5.92 Å². The largest absolute Gasteiger partial charge is 0.394 e. The van der Waals surface area contributed by atoms with Crippen molar-refractivity contribution in [2.45, 2.75) is 103 Å². The van der Waals surface area contributed by atoms with Gasteiger partial charge in [-0.2, -0.15) is 0 Å². The smallest absolute Gasteiger partial charge is 0.107 e. The minimum Gasteiger partial charge on any atom is -0.394 e. The summed E-state index contributed by atoms with van der Waals surface area (Å²) in [5.41, 5.74) is 0. The van der Waals surface area contributed by atoms with Crippen LogP contribution < -0.4 is 0 Å². The minimum atomic E-state index is -0.478. The van der Waals surface area contributed by atoms with Gasteiger partial charge in [0.15, 0.2) is 0 Å². The molecule has 3 atom stereocenters. The van der Waals surface area contributed by atoms with E-state index in [1.54, 1.807) is 0 Å². The highest BCUT2D eigenvalue weighted by Crippen LogP contribution is 2.32. The van der Waals surface area contributed by atoms with Crippen LogP contribution in [-0.4, -0.2) is 35.1 Å². The maximum absolute atomic E-state index is 9.94. The van der Waals surface area contributed by atoms with Crippen LogP contribution in [0.3, 0.4) is 0 Å². The van der Waals surface area contributed by atoms with Crippen molar-refractivity contribution >= 4 is 0 Å². The van der Waals surface area contributed by atoms with Crippen LogP contribution in [0.5, 0.6) is 0 Å². The van der Waals surface area contributed by atoms with Crippen molar-refractivity contribution in [1.82, 2.24) is 0 Å². The molecular weight excluding hydrogens is 264 g/mol. The molecule has 0 aromatic carbocycles. The second-order valence-corrected chi connectivity index (χ2v) is 6.66. The molecule has 3 heteroatoms. The second kappa shape index (κ2) is 11.4. The van der Waals surface area contributed by atoms with Crippen LogP contribution >= 0.6 is 0 Å². The van der Waals surface area contributed by atoms with Gasteiger partial charge in [-0.25, -0.2) is 0 Å². The van der Waals surface area contributed by atoms with E-state index in [0.29, 0.717) is 12.3 Å². The summed E-state index contributed by atoms with van der Waals surface area (Å²) < 4.78 is 5.90. The third-order valence-corrected chi connectivity index (χ3v) is 4.82. The number of unbranched alkanes of at least 4 members (excludes halogenated alkanes) is 6. The fraction of sp³-hybridized carbons (Fsp3) is 1.00. The van der Waals surface area contributed by atoms with E-state index in [9.17, 15) is 10.2 Å². The Morgan fingerprint density at radius 1 is 0.952 bits per heavy atom. The van der Waals surface area contributed by atoms with Crippen LogP contribution in [-0.2, 0) is 4.74 Å². The van der Waals surface area contributed by atoms with E-state index < -0.39 is 6.10 Å². The van der Waals surface area contributed by atoms with Gasteiger partial charge in [0, 0.05) is 6.42 Å². The molecule has 2 N–H and O–H groups in total. The van der Waals surface area contributed by atoms with Gasteiger partial charge in [0.05, 0.1) is 18.8 Å². The van der Waals surface area contributed by atoms with Gasteiger partial charge in [-0.3, -0.25) is 0 Å². The molecular formula is C18H36O3. The summed E-state index contributed by atoms with van der Waals surface area (Å²) in [6, 6.07) is 0. The zero-order valence-corrected chi connectivity index (χ0v) is 14.1. The Hall–Kier alpha value is -0.120. The highest BCUT2D eigenvalue weighted by atomic mass is 16.5. The number of rotatable bonds is 12. The summed E-state index contributed by atoms with van der Waals surface area (Å²) in [5.74, 6) is 0.560. The SMILES string of the molecule is CCCCCCC(CCCCCC)[C@H]1C[C@@H](O)C(CO)O1. The van der Waals surface area contributed by atoms with E-state index in [-0.39, 0.29) is 18.8 Å². The van der Waals surface area contributed by atoms with Gasteiger partial charge in [0.1, 0.15) is 6.10 Å². The summed E-state index contributed by atoms with van der Waals surface area (Å²) in [6.07, 6.45) is 12.8. The highest BCUT2D eigenvalue weighted by molar-refractivity contribution is 4.85. The molecule has 1 aliphatic heterocycles. The van der Waals surface area contributed by atoms with E-state index in [1.807, 2.05) is 0 Å². The van der Waals surface area contributed by atoms with E-state index >= 15 is 0 Å². The number of aliphatic hydroxyl groups is 2. The average Bonchev–Trinajstić information content (AvgIpc) is 2.86. The lowest BCUT2D eigenvalue weighted by atomic mass is 9.88. The Kier molecular flexibility index (Phi) is 10.3. The first-order valence-corrected chi connectivity index (χ1v) is 9.17. The van der Waals surface area contributed by atoms with Gasteiger partial charge in [0.2, 0.25) is 0 Å². The first-order chi connectivity index (χ1) is 10.2. The standard InChI is InChI=1S/C18H36O3/c1-3-5-7-9-11-15(12-10-8-6-4-2)17-13-16(20)18(14-19)21-17/h15-20H,3-14H2,1-2H3/t16-,17-,18?/m1/s1. The number of hydrogen-bond acceptors (Lipinski definition) is 3. The Morgan fingerprint density at radius 3 is 1.95 bits per heavy atom. The summed E-state index contributed by atoms with van der Waals surface area (Å²) in [5, 5.41) is 19.2. The Balaban J connectivity index is 2.39. The van der Waals surface area contributed by atoms with E-state index in [4.69, 9.17) is 4.74 Å². The maximum Gasteiger partial charge on any atom is 0.107 e. The monoisotopic (exact) mass is 300 g/mol. The van der Waals surface area contributed by atoms with E-state index in [2.05, 4.69) is 13.8 Å². The molecule has 1 rings (SSSR count). The minimum absolute atomic E-state index is 0.0595. The lowest BCUT2D eigenvalue weighted by Crippen LogP contribution is -2.25. The van der Waals surface area contributed by atoms with E-state index in [1.165, 1.54) is 64.2 Å². The number of ether oxygens (including phenoxy) is 1. The van der Waals surface area contributed by atoms with Crippen LogP contribution in [0.4, 0.5) is 0 Å². The molecule has 1 unspecified atom stereocenters. The van der Waals surface area contributed by atoms with Crippen molar-refractivity contribution in [1.29, 1.82) is 0 Å². The molecule has 0 aromatic heterocycles. The number of aliphatic hydroxyl groups excluding tert-OH is 2. The summed E-state index contributed by atoms with van der Waals surface area (Å²) in [4.78, 5) is 0. The van der Waals surface area contributed by atoms with Gasteiger partial charge in [-0.15, -0.1) is 0 Å². The molecule has 1 saturated heterocycles. The Bertz CT molecular complexity index is 233. The van der Waals surface area contributed by atoms with Crippen molar-refractivity contribution < 1.29 is 14.9 Å². The average molecular weight is 300 g/mol. The van der Waals surface area contributed by atoms with Gasteiger partial charge in [0.25, 0.3) is 0 Å². The zero-order chi connectivity index (χ0) is 15.5. The summed E-state index contributed by atoms with van der Waals surface area (Å²) >= 11 is 0. The Labute approximate surface area is 131 Å². The van der Waals surface area contributed by atoms with Gasteiger partial charge in [-0.1, -0.05) is 65.2 Å². The molecule has 0 aromatic rings.